The van der Waals surface area contributed by atoms with E-state index in [2.05, 4.69) is 63.1 Å². The Labute approximate surface area is 170 Å². The van der Waals surface area contributed by atoms with E-state index in [1.54, 1.807) is 12.1 Å². The molecule has 0 bridgehead atoms. The number of hydrogen-bond acceptors (Lipinski definition) is 2. The van der Waals surface area contributed by atoms with Gasteiger partial charge in [0, 0.05) is 12.6 Å². The molecule has 0 fully saturated rings. The average Bonchev–Trinajstić information content (AvgIpc) is 2.71. The number of rotatable bonds is 10. The Bertz CT molecular complexity index is 748. The molecule has 0 heterocycles. The van der Waals surface area contributed by atoms with Gasteiger partial charge in [-0.1, -0.05) is 63.2 Å². The molecule has 0 N–H and O–H groups in total. The maximum Gasteiger partial charge on any atom is 0.123 e. The molecule has 150 valence electrons. The van der Waals surface area contributed by atoms with Gasteiger partial charge in [-0.3, -0.25) is 0 Å². The zero-order valence-electron chi connectivity index (χ0n) is 17.7. The summed E-state index contributed by atoms with van der Waals surface area (Å²) in [5, 5.41) is 10.1. The van der Waals surface area contributed by atoms with Gasteiger partial charge in [0.2, 0.25) is 0 Å². The second-order valence-electron chi connectivity index (χ2n) is 8.06. The lowest BCUT2D eigenvalue weighted by Gasteiger charge is -2.35. The van der Waals surface area contributed by atoms with Gasteiger partial charge in [-0.05, 0) is 61.9 Å². The molecule has 2 unspecified atom stereocenters. The topological polar surface area (TPSA) is 27.0 Å². The van der Waals surface area contributed by atoms with E-state index in [0.29, 0.717) is 6.04 Å². The van der Waals surface area contributed by atoms with Crippen LogP contribution in [0.2, 0.25) is 0 Å². The van der Waals surface area contributed by atoms with E-state index in [0.717, 1.165) is 37.8 Å². The molecule has 2 atom stereocenters. The van der Waals surface area contributed by atoms with Crippen LogP contribution in [-0.2, 0) is 11.8 Å². The van der Waals surface area contributed by atoms with Crippen molar-refractivity contribution in [2.24, 2.45) is 5.92 Å². The first-order chi connectivity index (χ1) is 13.4. The summed E-state index contributed by atoms with van der Waals surface area (Å²) < 4.78 is 13.4. The summed E-state index contributed by atoms with van der Waals surface area (Å²) in [5.41, 5.74) is 1.69. The molecule has 0 aliphatic heterocycles. The average molecular weight is 381 g/mol. The molecule has 0 amide bonds. The van der Waals surface area contributed by atoms with Gasteiger partial charge in [0.1, 0.15) is 5.82 Å². The van der Waals surface area contributed by atoms with Crippen molar-refractivity contribution in [1.29, 1.82) is 5.26 Å². The minimum atomic E-state index is -0.582. The van der Waals surface area contributed by atoms with Gasteiger partial charge in [0.25, 0.3) is 0 Å². The van der Waals surface area contributed by atoms with Crippen LogP contribution in [0, 0.1) is 23.1 Å². The van der Waals surface area contributed by atoms with Crippen molar-refractivity contribution in [1.82, 2.24) is 4.90 Å². The molecule has 0 aliphatic rings. The van der Waals surface area contributed by atoms with Crippen molar-refractivity contribution < 1.29 is 4.39 Å². The van der Waals surface area contributed by atoms with Crippen molar-refractivity contribution in [2.45, 2.75) is 57.9 Å². The molecular formula is C25H33FN2. The lowest BCUT2D eigenvalue weighted by Crippen LogP contribution is -2.37. The van der Waals surface area contributed by atoms with Gasteiger partial charge in [0.05, 0.1) is 11.5 Å². The lowest BCUT2D eigenvalue weighted by molar-refractivity contribution is 0.206. The van der Waals surface area contributed by atoms with Crippen molar-refractivity contribution in [3.05, 3.63) is 71.5 Å². The maximum absolute atomic E-state index is 13.4. The van der Waals surface area contributed by atoms with E-state index in [1.807, 2.05) is 6.07 Å². The minimum absolute atomic E-state index is 0.162. The van der Waals surface area contributed by atoms with E-state index in [1.165, 1.54) is 17.7 Å². The van der Waals surface area contributed by atoms with Crippen LogP contribution in [0.3, 0.4) is 0 Å². The largest absolute Gasteiger partial charge is 0.303 e. The predicted molar refractivity (Wildman–Crippen MR) is 115 cm³/mol. The van der Waals surface area contributed by atoms with E-state index in [9.17, 15) is 9.65 Å². The Hall–Kier alpha value is -2.18. The molecule has 3 heteroatoms. The van der Waals surface area contributed by atoms with Crippen LogP contribution in [0.1, 0.15) is 51.2 Å². The van der Waals surface area contributed by atoms with Crippen molar-refractivity contribution in [2.75, 3.05) is 13.6 Å². The number of halogens is 1. The summed E-state index contributed by atoms with van der Waals surface area (Å²) in [6.07, 6.45) is 3.81. The fraction of sp³-hybridized carbons (Fsp3) is 0.480. The quantitative estimate of drug-likeness (QED) is 0.507. The highest BCUT2D eigenvalue weighted by Gasteiger charge is 2.36. The van der Waals surface area contributed by atoms with E-state index in [-0.39, 0.29) is 11.7 Å². The van der Waals surface area contributed by atoms with Crippen LogP contribution >= 0.6 is 0 Å². The molecule has 28 heavy (non-hydrogen) atoms. The smallest absolute Gasteiger partial charge is 0.123 e. The standard InChI is InChI=1S/C25H33FN2/c1-5-24(28(4)18-16-21-9-7-6-8-10-21)15-17-25(19-27,20(2)3)22-11-13-23(26)14-12-22/h6-14,20,24H,5,15-18H2,1-4H3. The van der Waals surface area contributed by atoms with Crippen LogP contribution < -0.4 is 0 Å². The normalized spacial score (nSPS) is 14.6. The molecule has 0 spiro atoms. The second kappa shape index (κ2) is 10.4. The van der Waals surface area contributed by atoms with Crippen LogP contribution in [0.15, 0.2) is 54.6 Å². The van der Waals surface area contributed by atoms with Crippen molar-refractivity contribution >= 4 is 0 Å². The Morgan fingerprint density at radius 2 is 1.71 bits per heavy atom. The first kappa shape index (κ1) is 22.1. The zero-order chi connectivity index (χ0) is 20.6. The molecule has 0 saturated carbocycles. The molecule has 2 aromatic carbocycles. The summed E-state index contributed by atoms with van der Waals surface area (Å²) in [6, 6.07) is 20.0. The molecule has 2 aromatic rings. The summed E-state index contributed by atoms with van der Waals surface area (Å²) in [6.45, 7) is 7.39. The van der Waals surface area contributed by atoms with Gasteiger partial charge in [-0.25, -0.2) is 4.39 Å². The summed E-state index contributed by atoms with van der Waals surface area (Å²) in [5.74, 6) is -0.0958. The third-order valence-corrected chi connectivity index (χ3v) is 6.11. The molecule has 2 nitrogen and oxygen atoms in total. The third-order valence-electron chi connectivity index (χ3n) is 6.11. The highest BCUT2D eigenvalue weighted by Crippen LogP contribution is 2.37. The van der Waals surface area contributed by atoms with Crippen molar-refractivity contribution in [3.63, 3.8) is 0 Å². The summed E-state index contributed by atoms with van der Waals surface area (Å²) in [7, 11) is 2.18. The highest BCUT2D eigenvalue weighted by atomic mass is 19.1. The Morgan fingerprint density at radius 1 is 1.07 bits per heavy atom. The van der Waals surface area contributed by atoms with Gasteiger partial charge in [-0.15, -0.1) is 0 Å². The molecule has 0 aliphatic carbocycles. The summed E-state index contributed by atoms with van der Waals surface area (Å²) in [4.78, 5) is 2.42. The minimum Gasteiger partial charge on any atom is -0.303 e. The zero-order valence-corrected chi connectivity index (χ0v) is 17.7. The number of nitrogens with zero attached hydrogens (tertiary/aromatic N) is 2. The Kier molecular flexibility index (Phi) is 8.20. The molecular weight excluding hydrogens is 347 g/mol. The molecule has 0 radical (unpaired) electrons. The fourth-order valence-electron chi connectivity index (χ4n) is 4.03. The molecule has 2 rings (SSSR count). The molecule has 0 saturated heterocycles. The van der Waals surface area contributed by atoms with Crippen LogP contribution in [0.4, 0.5) is 4.39 Å². The van der Waals surface area contributed by atoms with Crippen molar-refractivity contribution in [3.8, 4) is 6.07 Å². The third kappa shape index (κ3) is 5.42. The SMILES string of the molecule is CCC(CCC(C#N)(c1ccc(F)cc1)C(C)C)N(C)CCc1ccccc1. The van der Waals surface area contributed by atoms with E-state index < -0.39 is 5.41 Å². The first-order valence-electron chi connectivity index (χ1n) is 10.3. The van der Waals surface area contributed by atoms with Gasteiger partial charge >= 0.3 is 0 Å². The summed E-state index contributed by atoms with van der Waals surface area (Å²) >= 11 is 0. The van der Waals surface area contributed by atoms with Crippen LogP contribution in [0.5, 0.6) is 0 Å². The van der Waals surface area contributed by atoms with Gasteiger partial charge < -0.3 is 4.90 Å². The van der Waals surface area contributed by atoms with E-state index in [4.69, 9.17) is 0 Å². The number of likely N-dealkylation sites (N-methyl/N-ethyl adjacent to an activating group) is 1. The maximum atomic E-state index is 13.4. The van der Waals surface area contributed by atoms with Crippen LogP contribution in [-0.4, -0.2) is 24.5 Å². The fourth-order valence-corrected chi connectivity index (χ4v) is 4.03. The van der Waals surface area contributed by atoms with Gasteiger partial charge in [0.15, 0.2) is 0 Å². The highest BCUT2D eigenvalue weighted by molar-refractivity contribution is 5.33. The lowest BCUT2D eigenvalue weighted by atomic mass is 9.69. The monoisotopic (exact) mass is 380 g/mol. The molecule has 0 aromatic heterocycles. The Balaban J connectivity index is 2.07. The van der Waals surface area contributed by atoms with Gasteiger partial charge in [-0.2, -0.15) is 5.26 Å². The predicted octanol–water partition coefficient (Wildman–Crippen LogP) is 5.98. The number of hydrogen-bond donors (Lipinski definition) is 0. The first-order valence-corrected chi connectivity index (χ1v) is 10.3. The Morgan fingerprint density at radius 3 is 2.25 bits per heavy atom. The number of nitriles is 1. The van der Waals surface area contributed by atoms with Crippen LogP contribution in [0.25, 0.3) is 0 Å². The number of benzene rings is 2. The van der Waals surface area contributed by atoms with E-state index >= 15 is 0 Å². The second-order valence-corrected chi connectivity index (χ2v) is 8.06.